The summed E-state index contributed by atoms with van der Waals surface area (Å²) in [5, 5.41) is 0. The number of carbonyl (C=O) groups excluding carboxylic acids is 1. The van der Waals surface area contributed by atoms with Crippen LogP contribution in [0.4, 0.5) is 14.5 Å². The first-order chi connectivity index (χ1) is 9.46. The summed E-state index contributed by atoms with van der Waals surface area (Å²) < 4.78 is 30.6. The lowest BCUT2D eigenvalue weighted by molar-refractivity contribution is -0.141. The van der Waals surface area contributed by atoms with E-state index in [-0.39, 0.29) is 16.9 Å². The number of alkyl halides is 2. The molecule has 1 fully saturated rings. The Morgan fingerprint density at radius 3 is 2.75 bits per heavy atom. The van der Waals surface area contributed by atoms with Crippen molar-refractivity contribution in [1.29, 1.82) is 0 Å². The lowest BCUT2D eigenvalue weighted by atomic mass is 10.1. The zero-order chi connectivity index (χ0) is 14.8. The topological polar surface area (TPSA) is 52.3 Å². The van der Waals surface area contributed by atoms with E-state index in [9.17, 15) is 13.6 Å². The summed E-state index contributed by atoms with van der Waals surface area (Å²) in [6, 6.07) is 4.55. The van der Waals surface area contributed by atoms with Crippen molar-refractivity contribution in [1.82, 2.24) is 0 Å². The zero-order valence-electron chi connectivity index (χ0n) is 11.2. The molecular weight excluding hydrogens is 284 g/mol. The van der Waals surface area contributed by atoms with Gasteiger partial charge in [-0.15, -0.1) is 11.8 Å². The van der Waals surface area contributed by atoms with Crippen LogP contribution < -0.4 is 5.73 Å². The number of rotatable bonds is 6. The molecule has 1 aliphatic rings. The number of nitrogen functional groups attached to an aromatic ring is 1. The van der Waals surface area contributed by atoms with Crippen LogP contribution in [0.3, 0.4) is 0 Å². The number of esters is 1. The monoisotopic (exact) mass is 301 g/mol. The molecule has 6 heteroatoms. The fourth-order valence-corrected chi connectivity index (χ4v) is 3.36. The third kappa shape index (κ3) is 3.62. The molecule has 0 aliphatic heterocycles. The molecule has 0 heterocycles. The van der Waals surface area contributed by atoms with E-state index in [1.165, 1.54) is 24.9 Å². The van der Waals surface area contributed by atoms with Crippen molar-refractivity contribution in [2.24, 2.45) is 5.41 Å². The number of carbonyl (C=O) groups is 1. The predicted molar refractivity (Wildman–Crippen MR) is 74.8 cm³/mol. The summed E-state index contributed by atoms with van der Waals surface area (Å²) in [5.74, 6) is 0.403. The van der Waals surface area contributed by atoms with Crippen molar-refractivity contribution >= 4 is 23.4 Å². The summed E-state index contributed by atoms with van der Waals surface area (Å²) in [6.45, 7) is 0. The molecule has 1 aromatic carbocycles. The molecular formula is C14H17F2NO2S. The number of hydrogen-bond acceptors (Lipinski definition) is 4. The molecule has 0 radical (unpaired) electrons. The first-order valence-corrected chi connectivity index (χ1v) is 7.31. The average Bonchev–Trinajstić information content (AvgIpc) is 3.17. The number of benzene rings is 1. The van der Waals surface area contributed by atoms with E-state index in [4.69, 9.17) is 5.73 Å². The minimum Gasteiger partial charge on any atom is -0.469 e. The Bertz CT molecular complexity index is 504. The predicted octanol–water partition coefficient (Wildman–Crippen LogP) is 3.64. The SMILES string of the molecule is COC(=O)CC1(CSc2ccc(N)cc2C(F)F)CC1. The minimum absolute atomic E-state index is 0.0381. The van der Waals surface area contributed by atoms with Crippen LogP contribution in [0.1, 0.15) is 31.3 Å². The molecule has 2 rings (SSSR count). The van der Waals surface area contributed by atoms with Crippen LogP contribution in [0.5, 0.6) is 0 Å². The molecule has 1 aliphatic carbocycles. The maximum Gasteiger partial charge on any atom is 0.306 e. The first kappa shape index (κ1) is 15.1. The lowest BCUT2D eigenvalue weighted by Gasteiger charge is -2.15. The van der Waals surface area contributed by atoms with Crippen molar-refractivity contribution in [3.05, 3.63) is 23.8 Å². The Balaban J connectivity index is 2.02. The van der Waals surface area contributed by atoms with E-state index in [0.717, 1.165) is 12.8 Å². The van der Waals surface area contributed by atoms with Gasteiger partial charge in [-0.1, -0.05) is 0 Å². The van der Waals surface area contributed by atoms with Gasteiger partial charge in [-0.05, 0) is 36.5 Å². The molecule has 0 saturated heterocycles. The maximum absolute atomic E-state index is 13.0. The van der Waals surface area contributed by atoms with E-state index in [2.05, 4.69) is 4.74 Å². The van der Waals surface area contributed by atoms with Crippen molar-refractivity contribution in [2.45, 2.75) is 30.6 Å². The quantitative estimate of drug-likeness (QED) is 0.495. The Kier molecular flexibility index (Phi) is 4.52. The van der Waals surface area contributed by atoms with Gasteiger partial charge in [-0.25, -0.2) is 8.78 Å². The standard InChI is InChI=1S/C14H17F2NO2S/c1-19-12(18)7-14(4-5-14)8-20-11-3-2-9(17)6-10(11)13(15)16/h2-3,6,13H,4-5,7-8,17H2,1H3. The smallest absolute Gasteiger partial charge is 0.306 e. The van der Waals surface area contributed by atoms with Gasteiger partial charge in [0, 0.05) is 21.9 Å². The van der Waals surface area contributed by atoms with E-state index < -0.39 is 6.43 Å². The highest BCUT2D eigenvalue weighted by Crippen LogP contribution is 2.52. The van der Waals surface area contributed by atoms with Crippen LogP contribution in [-0.2, 0) is 9.53 Å². The van der Waals surface area contributed by atoms with Crippen molar-refractivity contribution in [2.75, 3.05) is 18.6 Å². The van der Waals surface area contributed by atoms with Crippen LogP contribution in [0.2, 0.25) is 0 Å². The van der Waals surface area contributed by atoms with E-state index >= 15 is 0 Å². The largest absolute Gasteiger partial charge is 0.469 e. The fourth-order valence-electron chi connectivity index (χ4n) is 2.03. The van der Waals surface area contributed by atoms with Crippen molar-refractivity contribution < 1.29 is 18.3 Å². The van der Waals surface area contributed by atoms with Gasteiger partial charge in [-0.2, -0.15) is 0 Å². The fraction of sp³-hybridized carbons (Fsp3) is 0.500. The van der Waals surface area contributed by atoms with Crippen molar-refractivity contribution in [3.63, 3.8) is 0 Å². The first-order valence-electron chi connectivity index (χ1n) is 6.33. The van der Waals surface area contributed by atoms with Gasteiger partial charge in [0.2, 0.25) is 0 Å². The second kappa shape index (κ2) is 5.99. The zero-order valence-corrected chi connectivity index (χ0v) is 12.0. The highest BCUT2D eigenvalue weighted by molar-refractivity contribution is 7.99. The number of methoxy groups -OCH3 is 1. The number of hydrogen-bond donors (Lipinski definition) is 1. The molecule has 0 spiro atoms. The summed E-state index contributed by atoms with van der Waals surface area (Å²) >= 11 is 1.36. The number of ether oxygens (including phenoxy) is 1. The van der Waals surface area contributed by atoms with Gasteiger partial charge in [0.15, 0.2) is 0 Å². The molecule has 1 aromatic rings. The highest BCUT2D eigenvalue weighted by Gasteiger charge is 2.44. The highest BCUT2D eigenvalue weighted by atomic mass is 32.2. The van der Waals surface area contributed by atoms with Gasteiger partial charge in [0.1, 0.15) is 0 Å². The van der Waals surface area contributed by atoms with Crippen LogP contribution in [-0.4, -0.2) is 18.8 Å². The Morgan fingerprint density at radius 1 is 1.50 bits per heavy atom. The Hall–Kier alpha value is -1.30. The third-order valence-corrected chi connectivity index (χ3v) is 4.95. The van der Waals surface area contributed by atoms with Gasteiger partial charge in [0.05, 0.1) is 13.5 Å². The number of thioether (sulfide) groups is 1. The average molecular weight is 301 g/mol. The van der Waals surface area contributed by atoms with Gasteiger partial charge >= 0.3 is 5.97 Å². The normalized spacial score (nSPS) is 16.2. The van der Waals surface area contributed by atoms with Crippen LogP contribution >= 0.6 is 11.8 Å². The van der Waals surface area contributed by atoms with Gasteiger partial charge < -0.3 is 10.5 Å². The molecule has 0 bridgehead atoms. The third-order valence-electron chi connectivity index (χ3n) is 3.51. The summed E-state index contributed by atoms with van der Waals surface area (Å²) in [7, 11) is 1.36. The molecule has 0 aromatic heterocycles. The van der Waals surface area contributed by atoms with Gasteiger partial charge in [0.25, 0.3) is 6.43 Å². The molecule has 110 valence electrons. The molecule has 0 atom stereocenters. The number of halogens is 2. The number of anilines is 1. The molecule has 0 unspecified atom stereocenters. The summed E-state index contributed by atoms with van der Waals surface area (Å²) in [6.07, 6.45) is -0.311. The summed E-state index contributed by atoms with van der Waals surface area (Å²) in [5.41, 5.74) is 5.75. The maximum atomic E-state index is 13.0. The lowest BCUT2D eigenvalue weighted by Crippen LogP contribution is -2.13. The molecule has 20 heavy (non-hydrogen) atoms. The minimum atomic E-state index is -2.54. The van der Waals surface area contributed by atoms with E-state index in [0.29, 0.717) is 22.8 Å². The van der Waals surface area contributed by atoms with E-state index in [1.807, 2.05) is 0 Å². The molecule has 2 N–H and O–H groups in total. The summed E-state index contributed by atoms with van der Waals surface area (Å²) in [4.78, 5) is 11.9. The van der Waals surface area contributed by atoms with E-state index in [1.54, 1.807) is 12.1 Å². The van der Waals surface area contributed by atoms with Gasteiger partial charge in [-0.3, -0.25) is 4.79 Å². The Morgan fingerprint density at radius 2 is 2.20 bits per heavy atom. The molecule has 3 nitrogen and oxygen atoms in total. The van der Waals surface area contributed by atoms with Crippen molar-refractivity contribution in [3.8, 4) is 0 Å². The Labute approximate surface area is 120 Å². The second-order valence-corrected chi connectivity index (χ2v) is 6.16. The number of nitrogens with two attached hydrogens (primary N) is 1. The molecule has 0 amide bonds. The van der Waals surface area contributed by atoms with Crippen LogP contribution in [0.15, 0.2) is 23.1 Å². The molecule has 1 saturated carbocycles. The van der Waals surface area contributed by atoms with Crippen LogP contribution in [0, 0.1) is 5.41 Å². The second-order valence-electron chi connectivity index (χ2n) is 5.14. The van der Waals surface area contributed by atoms with Crippen LogP contribution in [0.25, 0.3) is 0 Å².